The highest BCUT2D eigenvalue weighted by molar-refractivity contribution is 5.57. The molecule has 0 aliphatic rings. The van der Waals surface area contributed by atoms with E-state index in [1.165, 1.54) is 0 Å². The molecule has 0 saturated carbocycles. The molecule has 2 rings (SSSR count). The predicted octanol–water partition coefficient (Wildman–Crippen LogP) is 1.16. The molecule has 0 bridgehead atoms. The Balaban J connectivity index is 2.41. The van der Waals surface area contributed by atoms with Crippen LogP contribution in [0.5, 0.6) is 0 Å². The highest BCUT2D eigenvalue weighted by atomic mass is 16.3. The van der Waals surface area contributed by atoms with Crippen LogP contribution in [-0.2, 0) is 13.1 Å². The maximum absolute atomic E-state index is 9.05. The highest BCUT2D eigenvalue weighted by Crippen LogP contribution is 2.21. The Hall–Kier alpha value is -1.69. The molecule has 0 saturated heterocycles. The smallest absolute Gasteiger partial charge is 0.161 e. The van der Waals surface area contributed by atoms with E-state index in [-0.39, 0.29) is 6.61 Å². The third-order valence-corrected chi connectivity index (χ3v) is 2.87. The summed E-state index contributed by atoms with van der Waals surface area (Å²) in [6.45, 7) is 7.42. The Morgan fingerprint density at radius 1 is 1.22 bits per heavy atom. The zero-order valence-electron chi connectivity index (χ0n) is 11.1. The van der Waals surface area contributed by atoms with Crippen molar-refractivity contribution < 1.29 is 5.11 Å². The molecule has 0 radical (unpaired) electrons. The second-order valence-corrected chi connectivity index (χ2v) is 4.30. The summed E-state index contributed by atoms with van der Waals surface area (Å²) in [7, 11) is 0. The molecule has 6 heteroatoms. The third kappa shape index (κ3) is 2.28. The van der Waals surface area contributed by atoms with Crippen LogP contribution in [0.25, 0.3) is 11.4 Å². The molecule has 0 amide bonds. The fourth-order valence-corrected chi connectivity index (χ4v) is 2.01. The predicted molar refractivity (Wildman–Crippen MR) is 68.1 cm³/mol. The van der Waals surface area contributed by atoms with Crippen LogP contribution in [0, 0.1) is 13.8 Å². The summed E-state index contributed by atoms with van der Waals surface area (Å²) in [5, 5.41) is 17.7. The molecule has 2 heterocycles. The minimum absolute atomic E-state index is 0.0535. The van der Waals surface area contributed by atoms with Gasteiger partial charge in [0.05, 0.1) is 24.9 Å². The van der Waals surface area contributed by atoms with E-state index < -0.39 is 0 Å². The van der Waals surface area contributed by atoms with Gasteiger partial charge < -0.3 is 5.11 Å². The molecule has 98 valence electrons. The van der Waals surface area contributed by atoms with Gasteiger partial charge in [-0.15, -0.1) is 0 Å². The summed E-state index contributed by atoms with van der Waals surface area (Å²) in [5.41, 5.74) is 2.07. The van der Waals surface area contributed by atoms with Gasteiger partial charge in [-0.3, -0.25) is 4.68 Å². The van der Waals surface area contributed by atoms with Gasteiger partial charge in [0.2, 0.25) is 0 Å². The first-order chi connectivity index (χ1) is 8.67. The molecule has 18 heavy (non-hydrogen) atoms. The van der Waals surface area contributed by atoms with Crippen molar-refractivity contribution in [2.75, 3.05) is 6.61 Å². The van der Waals surface area contributed by atoms with Crippen LogP contribution in [0.15, 0.2) is 6.20 Å². The lowest BCUT2D eigenvalue weighted by Crippen LogP contribution is -2.07. The molecule has 0 spiro atoms. The number of hydrogen-bond donors (Lipinski definition) is 1. The van der Waals surface area contributed by atoms with Crippen molar-refractivity contribution >= 4 is 0 Å². The van der Waals surface area contributed by atoms with Crippen molar-refractivity contribution in [2.24, 2.45) is 0 Å². The van der Waals surface area contributed by atoms with Gasteiger partial charge in [-0.25, -0.2) is 9.67 Å². The van der Waals surface area contributed by atoms with Crippen molar-refractivity contribution in [3.63, 3.8) is 0 Å². The van der Waals surface area contributed by atoms with Gasteiger partial charge in [-0.1, -0.05) is 6.92 Å². The van der Waals surface area contributed by atoms with E-state index in [9.17, 15) is 0 Å². The minimum atomic E-state index is 0.0535. The Bertz CT molecular complexity index is 529. The lowest BCUT2D eigenvalue weighted by molar-refractivity contribution is 0.270. The summed E-state index contributed by atoms with van der Waals surface area (Å²) in [6, 6.07) is 0. The van der Waals surface area contributed by atoms with E-state index in [1.807, 2.05) is 24.7 Å². The summed E-state index contributed by atoms with van der Waals surface area (Å²) in [4.78, 5) is 4.42. The minimum Gasteiger partial charge on any atom is -0.394 e. The average Bonchev–Trinajstić information content (AvgIpc) is 2.85. The molecule has 0 atom stereocenters. The van der Waals surface area contributed by atoms with Crippen molar-refractivity contribution in [3.8, 4) is 11.4 Å². The lowest BCUT2D eigenvalue weighted by atomic mass is 10.2. The fourth-order valence-electron chi connectivity index (χ4n) is 2.01. The molecule has 0 fully saturated rings. The molecule has 0 aliphatic carbocycles. The molecule has 2 aromatic heterocycles. The molecule has 2 aromatic rings. The van der Waals surface area contributed by atoms with Crippen LogP contribution < -0.4 is 0 Å². The number of aryl methyl sites for hydroxylation is 2. The van der Waals surface area contributed by atoms with E-state index >= 15 is 0 Å². The van der Waals surface area contributed by atoms with Gasteiger partial charge in [0.25, 0.3) is 0 Å². The SMILES string of the molecule is CCCn1ncc(-c2nc(C)nn2CCO)c1C. The first-order valence-electron chi connectivity index (χ1n) is 6.22. The van der Waals surface area contributed by atoms with Crippen LogP contribution in [0.2, 0.25) is 0 Å². The van der Waals surface area contributed by atoms with Crippen molar-refractivity contribution in [2.45, 2.75) is 40.3 Å². The van der Waals surface area contributed by atoms with Gasteiger partial charge in [0, 0.05) is 12.2 Å². The summed E-state index contributed by atoms with van der Waals surface area (Å²) in [5.74, 6) is 1.49. The van der Waals surface area contributed by atoms with E-state index in [0.29, 0.717) is 12.4 Å². The lowest BCUT2D eigenvalue weighted by Gasteiger charge is -2.05. The highest BCUT2D eigenvalue weighted by Gasteiger charge is 2.15. The van der Waals surface area contributed by atoms with Crippen molar-refractivity contribution in [3.05, 3.63) is 17.7 Å². The van der Waals surface area contributed by atoms with E-state index in [1.54, 1.807) is 4.68 Å². The van der Waals surface area contributed by atoms with E-state index in [2.05, 4.69) is 22.1 Å². The topological polar surface area (TPSA) is 68.8 Å². The largest absolute Gasteiger partial charge is 0.394 e. The molecular formula is C12H19N5O. The number of rotatable bonds is 5. The molecule has 1 N–H and O–H groups in total. The van der Waals surface area contributed by atoms with Crippen molar-refractivity contribution in [1.82, 2.24) is 24.5 Å². The first kappa shape index (κ1) is 12.8. The number of hydrogen-bond acceptors (Lipinski definition) is 4. The number of aliphatic hydroxyl groups excluding tert-OH is 1. The zero-order valence-corrected chi connectivity index (χ0v) is 11.1. The van der Waals surface area contributed by atoms with E-state index in [4.69, 9.17) is 5.11 Å². The van der Waals surface area contributed by atoms with E-state index in [0.717, 1.165) is 30.0 Å². The fraction of sp³-hybridized carbons (Fsp3) is 0.583. The molecule has 6 nitrogen and oxygen atoms in total. The Morgan fingerprint density at radius 3 is 2.67 bits per heavy atom. The van der Waals surface area contributed by atoms with Crippen LogP contribution in [0.1, 0.15) is 24.9 Å². The summed E-state index contributed by atoms with van der Waals surface area (Å²) in [6.07, 6.45) is 2.87. The van der Waals surface area contributed by atoms with Crippen molar-refractivity contribution in [1.29, 1.82) is 0 Å². The maximum Gasteiger partial charge on any atom is 0.161 e. The van der Waals surface area contributed by atoms with Gasteiger partial charge >= 0.3 is 0 Å². The van der Waals surface area contributed by atoms with Crippen LogP contribution in [0.3, 0.4) is 0 Å². The quantitative estimate of drug-likeness (QED) is 0.863. The molecule has 0 unspecified atom stereocenters. The van der Waals surface area contributed by atoms with Gasteiger partial charge in [0.15, 0.2) is 5.82 Å². The maximum atomic E-state index is 9.05. The molecular weight excluding hydrogens is 230 g/mol. The molecule has 0 aromatic carbocycles. The van der Waals surface area contributed by atoms with Crippen LogP contribution in [0.4, 0.5) is 0 Å². The van der Waals surface area contributed by atoms with Gasteiger partial charge in [0.1, 0.15) is 5.82 Å². The zero-order chi connectivity index (χ0) is 13.1. The Kier molecular flexibility index (Phi) is 3.76. The second kappa shape index (κ2) is 5.30. The first-order valence-corrected chi connectivity index (χ1v) is 6.22. The summed E-state index contributed by atoms with van der Waals surface area (Å²) < 4.78 is 3.71. The normalized spacial score (nSPS) is 11.1. The third-order valence-electron chi connectivity index (χ3n) is 2.87. The number of aromatic nitrogens is 5. The number of nitrogens with zero attached hydrogens (tertiary/aromatic N) is 5. The van der Waals surface area contributed by atoms with Gasteiger partial charge in [-0.2, -0.15) is 10.2 Å². The summed E-state index contributed by atoms with van der Waals surface area (Å²) >= 11 is 0. The number of aliphatic hydroxyl groups is 1. The van der Waals surface area contributed by atoms with Crippen LogP contribution in [-0.4, -0.2) is 36.3 Å². The van der Waals surface area contributed by atoms with Crippen LogP contribution >= 0.6 is 0 Å². The Morgan fingerprint density at radius 2 is 2.00 bits per heavy atom. The second-order valence-electron chi connectivity index (χ2n) is 4.30. The monoisotopic (exact) mass is 249 g/mol. The molecule has 0 aliphatic heterocycles. The van der Waals surface area contributed by atoms with Gasteiger partial charge in [-0.05, 0) is 20.3 Å². The Labute approximate surface area is 106 Å². The standard InChI is InChI=1S/C12H19N5O/c1-4-5-16-9(2)11(8-13-16)12-14-10(3)15-17(12)6-7-18/h8,18H,4-7H2,1-3H3. The average molecular weight is 249 g/mol.